The van der Waals surface area contributed by atoms with E-state index in [1.54, 1.807) is 15.6 Å². The molecule has 0 nitrogen and oxygen atoms in total. The van der Waals surface area contributed by atoms with Gasteiger partial charge in [-0.05, 0) is 12.0 Å². The molecule has 0 saturated carbocycles. The predicted octanol–water partition coefficient (Wildman–Crippen LogP) is 4.61. The summed E-state index contributed by atoms with van der Waals surface area (Å²) in [6.07, 6.45) is 2.84. The summed E-state index contributed by atoms with van der Waals surface area (Å²) in [6.45, 7) is 10.1. The van der Waals surface area contributed by atoms with Gasteiger partial charge in [-0.15, -0.1) is 0 Å². The molecule has 128 valence electrons. The van der Waals surface area contributed by atoms with Crippen molar-refractivity contribution in [2.45, 2.75) is 57.9 Å². The van der Waals surface area contributed by atoms with Crippen LogP contribution in [0.3, 0.4) is 0 Å². The minimum absolute atomic E-state index is 0.804. The van der Waals surface area contributed by atoms with Crippen LogP contribution in [0.2, 0.25) is 31.2 Å². The van der Waals surface area contributed by atoms with Crippen molar-refractivity contribution in [1.82, 2.24) is 0 Å². The molecule has 0 fully saturated rings. The molecule has 1 aliphatic heterocycles. The SMILES string of the molecule is CC(C)C[Si@]1(C)CCCC[Si@](C)(c2ccccc2)c2ccccc21. The Morgan fingerprint density at radius 3 is 2.04 bits per heavy atom. The summed E-state index contributed by atoms with van der Waals surface area (Å²) in [4.78, 5) is 0. The van der Waals surface area contributed by atoms with E-state index in [-0.39, 0.29) is 0 Å². The van der Waals surface area contributed by atoms with Gasteiger partial charge in [0.25, 0.3) is 0 Å². The van der Waals surface area contributed by atoms with Gasteiger partial charge in [-0.3, -0.25) is 0 Å². The van der Waals surface area contributed by atoms with Gasteiger partial charge in [0, 0.05) is 0 Å². The third-order valence-corrected chi connectivity index (χ3v) is 15.8. The van der Waals surface area contributed by atoms with Gasteiger partial charge in [0.05, 0.1) is 8.07 Å². The topological polar surface area (TPSA) is 0 Å². The maximum Gasteiger partial charge on any atom is 0.115 e. The summed E-state index contributed by atoms with van der Waals surface area (Å²) < 4.78 is 0. The van der Waals surface area contributed by atoms with Crippen LogP contribution in [0.15, 0.2) is 54.6 Å². The molecule has 0 bridgehead atoms. The minimum Gasteiger partial charge on any atom is -0.0652 e. The van der Waals surface area contributed by atoms with Crippen molar-refractivity contribution in [3.8, 4) is 0 Å². The van der Waals surface area contributed by atoms with Gasteiger partial charge in [-0.1, -0.05) is 122 Å². The van der Waals surface area contributed by atoms with Crippen LogP contribution in [0.5, 0.6) is 0 Å². The molecule has 24 heavy (non-hydrogen) atoms. The van der Waals surface area contributed by atoms with Crippen LogP contribution in [0.25, 0.3) is 0 Å². The zero-order valence-corrected chi connectivity index (χ0v) is 17.8. The van der Waals surface area contributed by atoms with Gasteiger partial charge in [-0.25, -0.2) is 0 Å². The molecule has 1 aliphatic rings. The third-order valence-electron chi connectivity index (χ3n) is 6.10. The van der Waals surface area contributed by atoms with E-state index in [1.807, 2.05) is 0 Å². The van der Waals surface area contributed by atoms with Crippen molar-refractivity contribution in [3.63, 3.8) is 0 Å². The van der Waals surface area contributed by atoms with Crippen molar-refractivity contribution in [3.05, 3.63) is 54.6 Å². The van der Waals surface area contributed by atoms with E-state index in [2.05, 4.69) is 81.5 Å². The van der Waals surface area contributed by atoms with Gasteiger partial charge in [0.15, 0.2) is 0 Å². The summed E-state index contributed by atoms with van der Waals surface area (Å²) in [5.41, 5.74) is 0. The summed E-state index contributed by atoms with van der Waals surface area (Å²) in [5, 5.41) is 5.17. The Bertz CT molecular complexity index is 679. The largest absolute Gasteiger partial charge is 0.115 e. The molecule has 1 heterocycles. The van der Waals surface area contributed by atoms with Crippen molar-refractivity contribution in [2.75, 3.05) is 0 Å². The molecule has 2 aromatic carbocycles. The predicted molar refractivity (Wildman–Crippen MR) is 114 cm³/mol. The molecule has 2 atom stereocenters. The number of rotatable bonds is 3. The maximum atomic E-state index is 2.66. The minimum atomic E-state index is -1.62. The average Bonchev–Trinajstić information content (AvgIpc) is 2.58. The highest BCUT2D eigenvalue weighted by molar-refractivity contribution is 7.06. The van der Waals surface area contributed by atoms with Crippen LogP contribution in [0.4, 0.5) is 0 Å². The lowest BCUT2D eigenvalue weighted by molar-refractivity contribution is 0.714. The maximum absolute atomic E-state index is 2.66. The highest BCUT2D eigenvalue weighted by Gasteiger charge is 2.41. The first-order valence-corrected chi connectivity index (χ1v) is 15.2. The monoisotopic (exact) mass is 352 g/mol. The second-order valence-electron chi connectivity index (χ2n) is 8.61. The summed E-state index contributed by atoms with van der Waals surface area (Å²) in [5.74, 6) is 0.804. The average molecular weight is 353 g/mol. The Morgan fingerprint density at radius 1 is 0.792 bits per heavy atom. The molecule has 0 spiro atoms. The van der Waals surface area contributed by atoms with E-state index in [0.29, 0.717) is 0 Å². The Morgan fingerprint density at radius 2 is 1.38 bits per heavy atom. The molecule has 3 rings (SSSR count). The smallest absolute Gasteiger partial charge is 0.0652 e. The first-order valence-electron chi connectivity index (χ1n) is 9.61. The lowest BCUT2D eigenvalue weighted by Gasteiger charge is -2.40. The van der Waals surface area contributed by atoms with Crippen molar-refractivity contribution < 1.29 is 0 Å². The number of hydrogen-bond donors (Lipinski definition) is 0. The molecule has 0 unspecified atom stereocenters. The van der Waals surface area contributed by atoms with E-state index in [4.69, 9.17) is 0 Å². The molecular formula is C22H32Si2. The van der Waals surface area contributed by atoms with Gasteiger partial charge >= 0.3 is 0 Å². The molecule has 0 aromatic heterocycles. The first kappa shape index (κ1) is 17.7. The quantitative estimate of drug-likeness (QED) is 0.707. The van der Waals surface area contributed by atoms with Crippen LogP contribution in [-0.2, 0) is 0 Å². The van der Waals surface area contributed by atoms with Crippen LogP contribution in [-0.4, -0.2) is 16.1 Å². The second-order valence-corrected chi connectivity index (χ2v) is 17.5. The molecular weight excluding hydrogens is 320 g/mol. The van der Waals surface area contributed by atoms with E-state index < -0.39 is 16.1 Å². The van der Waals surface area contributed by atoms with Crippen LogP contribution < -0.4 is 15.6 Å². The van der Waals surface area contributed by atoms with Gasteiger partial charge in [0.2, 0.25) is 0 Å². The van der Waals surface area contributed by atoms with Crippen LogP contribution >= 0.6 is 0 Å². The van der Waals surface area contributed by atoms with Crippen LogP contribution in [0.1, 0.15) is 26.7 Å². The lowest BCUT2D eigenvalue weighted by atomic mass is 10.3. The fourth-order valence-corrected chi connectivity index (χ4v) is 15.4. The zero-order chi connectivity index (χ0) is 17.2. The molecule has 2 heteroatoms. The first-order chi connectivity index (χ1) is 11.5. The second kappa shape index (κ2) is 7.01. The van der Waals surface area contributed by atoms with Crippen molar-refractivity contribution in [1.29, 1.82) is 0 Å². The van der Waals surface area contributed by atoms with Gasteiger partial charge in [-0.2, -0.15) is 0 Å². The Hall–Kier alpha value is -1.13. The standard InChI is InChI=1S/C22H32Si2/c1-19(2)18-23(3)16-10-11-17-24(4,20-12-6-5-7-13-20)22-15-9-8-14-21(22)23/h5-9,12-15,19H,10-11,16-18H2,1-4H3/t23-,24+/m0/s1. The molecule has 2 aromatic rings. The fraction of sp³-hybridized carbons (Fsp3) is 0.455. The van der Waals surface area contributed by atoms with E-state index in [1.165, 1.54) is 31.0 Å². The Balaban J connectivity index is 2.18. The Kier molecular flexibility index (Phi) is 5.17. The van der Waals surface area contributed by atoms with E-state index >= 15 is 0 Å². The lowest BCUT2D eigenvalue weighted by Crippen LogP contribution is -2.66. The van der Waals surface area contributed by atoms with Gasteiger partial charge < -0.3 is 0 Å². The molecule has 0 N–H and O–H groups in total. The molecule has 0 amide bonds. The summed E-state index contributed by atoms with van der Waals surface area (Å²) in [7, 11) is -3.01. The highest BCUT2D eigenvalue weighted by atomic mass is 28.3. The third kappa shape index (κ3) is 3.31. The molecule has 0 radical (unpaired) electrons. The number of hydrogen-bond acceptors (Lipinski definition) is 0. The van der Waals surface area contributed by atoms with Crippen molar-refractivity contribution >= 4 is 31.7 Å². The van der Waals surface area contributed by atoms with Gasteiger partial charge in [0.1, 0.15) is 8.07 Å². The Labute approximate surface area is 150 Å². The normalized spacial score (nSPS) is 27.4. The van der Waals surface area contributed by atoms with E-state index in [0.717, 1.165) is 5.92 Å². The summed E-state index contributed by atoms with van der Waals surface area (Å²) >= 11 is 0. The molecule has 0 aliphatic carbocycles. The fourth-order valence-electron chi connectivity index (χ4n) is 4.97. The van der Waals surface area contributed by atoms with E-state index in [9.17, 15) is 0 Å². The number of fused-ring (bicyclic) bond motifs is 1. The zero-order valence-electron chi connectivity index (χ0n) is 15.8. The van der Waals surface area contributed by atoms with Crippen LogP contribution in [0, 0.1) is 5.92 Å². The van der Waals surface area contributed by atoms with Crippen molar-refractivity contribution in [2.24, 2.45) is 5.92 Å². The number of benzene rings is 2. The molecule has 0 saturated heterocycles. The summed E-state index contributed by atoms with van der Waals surface area (Å²) in [6, 6.07) is 25.3. The highest BCUT2D eigenvalue weighted by Crippen LogP contribution is 2.28.